The van der Waals surface area contributed by atoms with Crippen molar-refractivity contribution < 1.29 is 14.0 Å². The lowest BCUT2D eigenvalue weighted by Crippen LogP contribution is -2.39. The van der Waals surface area contributed by atoms with Crippen LogP contribution >= 0.6 is 11.3 Å². The van der Waals surface area contributed by atoms with Crippen molar-refractivity contribution in [3.63, 3.8) is 0 Å². The summed E-state index contributed by atoms with van der Waals surface area (Å²) in [5.74, 6) is -1.29. The number of hydrogen-bond acceptors (Lipinski definition) is 7. The molecule has 0 aliphatic heterocycles. The van der Waals surface area contributed by atoms with Crippen LogP contribution in [0.4, 0.5) is 21.0 Å². The Morgan fingerprint density at radius 3 is 2.41 bits per heavy atom. The van der Waals surface area contributed by atoms with E-state index < -0.39 is 17.8 Å². The molecule has 4 aromatic rings. The number of carbonyl (C=O) groups excluding carboxylic acids is 2. The summed E-state index contributed by atoms with van der Waals surface area (Å²) < 4.78 is 15.2. The third kappa shape index (κ3) is 4.08. The van der Waals surface area contributed by atoms with E-state index >= 15 is 0 Å². The lowest BCUT2D eigenvalue weighted by Gasteiger charge is -2.26. The van der Waals surface area contributed by atoms with Gasteiger partial charge in [0.2, 0.25) is 11.7 Å². The number of halogens is 1. The average molecular weight is 450 g/mol. The molecule has 0 aliphatic carbocycles. The topological polar surface area (TPSA) is 120 Å². The van der Waals surface area contributed by atoms with E-state index in [1.54, 1.807) is 49.9 Å². The summed E-state index contributed by atoms with van der Waals surface area (Å²) in [6.45, 7) is 1.60. The Balaban J connectivity index is 1.67. The van der Waals surface area contributed by atoms with E-state index in [4.69, 9.17) is 11.5 Å². The molecule has 4 rings (SSSR count). The minimum absolute atomic E-state index is 0.0393. The molecular weight excluding hydrogens is 431 g/mol. The van der Waals surface area contributed by atoms with Gasteiger partial charge in [-0.25, -0.2) is 14.4 Å². The molecule has 0 saturated heterocycles. The number of rotatable bonds is 7. The molecule has 1 atom stereocenters. The first-order valence-corrected chi connectivity index (χ1v) is 10.4. The van der Waals surface area contributed by atoms with Gasteiger partial charge in [0.15, 0.2) is 5.13 Å². The van der Waals surface area contributed by atoms with Crippen LogP contribution in [0.1, 0.15) is 22.2 Å². The highest BCUT2D eigenvalue weighted by molar-refractivity contribution is 7.18. The van der Waals surface area contributed by atoms with Crippen molar-refractivity contribution in [3.05, 3.63) is 83.5 Å². The number of ketones is 1. The zero-order valence-corrected chi connectivity index (χ0v) is 17.8. The van der Waals surface area contributed by atoms with E-state index in [2.05, 4.69) is 9.97 Å². The third-order valence-corrected chi connectivity index (χ3v) is 5.96. The molecule has 8 nitrogen and oxygen atoms in total. The van der Waals surface area contributed by atoms with Crippen LogP contribution < -0.4 is 16.4 Å². The van der Waals surface area contributed by atoms with Gasteiger partial charge in [-0.1, -0.05) is 11.3 Å². The SMILES string of the molecule is C[C@H](C(N)=O)N(c1ccc(F)cc1)c1nc(N)c(C(=O)c2ccc(-n3ccnc3)cc2)s1. The number of imidazole rings is 1. The Labute approximate surface area is 186 Å². The van der Waals surface area contributed by atoms with Gasteiger partial charge in [-0.15, -0.1) is 0 Å². The van der Waals surface area contributed by atoms with Crippen LogP contribution in [0.5, 0.6) is 0 Å². The minimum atomic E-state index is -0.802. The summed E-state index contributed by atoms with van der Waals surface area (Å²) in [7, 11) is 0. The molecule has 0 saturated carbocycles. The van der Waals surface area contributed by atoms with Gasteiger partial charge < -0.3 is 20.9 Å². The van der Waals surface area contributed by atoms with Crippen molar-refractivity contribution in [3.8, 4) is 5.69 Å². The van der Waals surface area contributed by atoms with Gasteiger partial charge in [-0.05, 0) is 55.5 Å². The zero-order valence-electron chi connectivity index (χ0n) is 17.0. The molecule has 0 radical (unpaired) electrons. The standard InChI is InChI=1S/C22H19FN6O2S/c1-13(21(25)31)29(17-8-4-15(23)5-9-17)22-27-20(24)19(32-22)18(30)14-2-6-16(7-3-14)28-11-10-26-12-28/h2-13H,24H2,1H3,(H2,25,31)/t13-/m1/s1. The smallest absolute Gasteiger partial charge is 0.240 e. The maximum absolute atomic E-state index is 13.4. The quantitative estimate of drug-likeness (QED) is 0.417. The van der Waals surface area contributed by atoms with Crippen LogP contribution in [-0.4, -0.2) is 32.3 Å². The number of primary amides is 1. The van der Waals surface area contributed by atoms with Gasteiger partial charge in [0.05, 0.1) is 6.33 Å². The molecule has 2 heterocycles. The number of nitrogens with two attached hydrogens (primary N) is 2. The monoisotopic (exact) mass is 450 g/mol. The molecule has 162 valence electrons. The van der Waals surface area contributed by atoms with Crippen molar-refractivity contribution in [2.24, 2.45) is 5.73 Å². The van der Waals surface area contributed by atoms with E-state index in [1.807, 2.05) is 4.57 Å². The van der Waals surface area contributed by atoms with Crippen molar-refractivity contribution in [2.45, 2.75) is 13.0 Å². The Kier molecular flexibility index (Phi) is 5.69. The molecule has 0 spiro atoms. The average Bonchev–Trinajstić information content (AvgIpc) is 3.45. The fourth-order valence-corrected chi connectivity index (χ4v) is 4.19. The molecule has 0 unspecified atom stereocenters. The van der Waals surface area contributed by atoms with E-state index in [-0.39, 0.29) is 16.5 Å². The number of carbonyl (C=O) groups is 2. The number of nitrogen functional groups attached to an aromatic ring is 1. The van der Waals surface area contributed by atoms with Gasteiger partial charge in [0.25, 0.3) is 0 Å². The summed E-state index contributed by atoms with van der Waals surface area (Å²) >= 11 is 1.04. The highest BCUT2D eigenvalue weighted by Gasteiger charge is 2.27. The predicted molar refractivity (Wildman–Crippen MR) is 121 cm³/mol. The first-order chi connectivity index (χ1) is 15.3. The van der Waals surface area contributed by atoms with Crippen molar-refractivity contribution in [1.82, 2.24) is 14.5 Å². The number of thiazole rings is 1. The second-order valence-electron chi connectivity index (χ2n) is 6.98. The molecule has 1 amide bonds. The van der Waals surface area contributed by atoms with Gasteiger partial charge in [0.1, 0.15) is 22.6 Å². The molecule has 10 heteroatoms. The van der Waals surface area contributed by atoms with Crippen LogP contribution in [0.15, 0.2) is 67.3 Å². The van der Waals surface area contributed by atoms with E-state index in [0.717, 1.165) is 17.0 Å². The fourth-order valence-electron chi connectivity index (χ4n) is 3.14. The summed E-state index contributed by atoms with van der Waals surface area (Å²) in [4.78, 5) is 35.1. The predicted octanol–water partition coefficient (Wildman–Crippen LogP) is 3.29. The molecule has 2 aromatic heterocycles. The Morgan fingerprint density at radius 2 is 1.81 bits per heavy atom. The molecule has 4 N–H and O–H groups in total. The van der Waals surface area contributed by atoms with Gasteiger partial charge in [0, 0.05) is 29.3 Å². The minimum Gasteiger partial charge on any atom is -0.382 e. The summed E-state index contributed by atoms with van der Waals surface area (Å²) in [6, 6.07) is 11.7. The zero-order chi connectivity index (χ0) is 22.8. The van der Waals surface area contributed by atoms with E-state index in [9.17, 15) is 14.0 Å². The first-order valence-electron chi connectivity index (χ1n) is 9.58. The van der Waals surface area contributed by atoms with Crippen molar-refractivity contribution in [2.75, 3.05) is 10.6 Å². The maximum Gasteiger partial charge on any atom is 0.240 e. The third-order valence-electron chi connectivity index (χ3n) is 4.89. The number of hydrogen-bond donors (Lipinski definition) is 2. The largest absolute Gasteiger partial charge is 0.382 e. The van der Waals surface area contributed by atoms with Gasteiger partial charge in [-0.3, -0.25) is 9.59 Å². The molecule has 0 bridgehead atoms. The molecular formula is C22H19FN6O2S. The fraction of sp³-hybridized carbons (Fsp3) is 0.0909. The van der Waals surface area contributed by atoms with Gasteiger partial charge in [-0.2, -0.15) is 0 Å². The van der Waals surface area contributed by atoms with Crippen molar-refractivity contribution >= 4 is 39.7 Å². The van der Waals surface area contributed by atoms with E-state index in [1.165, 1.54) is 29.2 Å². The van der Waals surface area contributed by atoms with Crippen LogP contribution in [0.3, 0.4) is 0 Å². The Hall–Kier alpha value is -4.05. The van der Waals surface area contributed by atoms with E-state index in [0.29, 0.717) is 16.4 Å². The Bertz CT molecular complexity index is 1250. The molecule has 2 aromatic carbocycles. The molecule has 32 heavy (non-hydrogen) atoms. The van der Waals surface area contributed by atoms with Crippen LogP contribution in [0.25, 0.3) is 5.69 Å². The number of benzene rings is 2. The first kappa shape index (κ1) is 21.2. The number of aromatic nitrogens is 3. The maximum atomic E-state index is 13.4. The number of anilines is 3. The molecule has 0 fully saturated rings. The summed E-state index contributed by atoms with van der Waals surface area (Å²) in [5, 5.41) is 0.304. The lowest BCUT2D eigenvalue weighted by molar-refractivity contribution is -0.118. The highest BCUT2D eigenvalue weighted by Crippen LogP contribution is 2.36. The molecule has 0 aliphatic rings. The van der Waals surface area contributed by atoms with Crippen molar-refractivity contribution in [1.29, 1.82) is 0 Å². The Morgan fingerprint density at radius 1 is 1.12 bits per heavy atom. The number of amides is 1. The van der Waals surface area contributed by atoms with Crippen LogP contribution in [0, 0.1) is 5.82 Å². The summed E-state index contributed by atoms with van der Waals surface area (Å²) in [5.41, 5.74) is 13.4. The lowest BCUT2D eigenvalue weighted by atomic mass is 10.1. The second-order valence-corrected chi connectivity index (χ2v) is 7.96. The van der Waals surface area contributed by atoms with Crippen LogP contribution in [-0.2, 0) is 4.79 Å². The van der Waals surface area contributed by atoms with Crippen LogP contribution in [0.2, 0.25) is 0 Å². The normalized spacial score (nSPS) is 11.8. The van der Waals surface area contributed by atoms with Gasteiger partial charge >= 0.3 is 0 Å². The summed E-state index contributed by atoms with van der Waals surface area (Å²) in [6.07, 6.45) is 5.13. The number of nitrogens with zero attached hydrogens (tertiary/aromatic N) is 4. The highest BCUT2D eigenvalue weighted by atomic mass is 32.1. The second kappa shape index (κ2) is 8.60.